The zero-order valence-electron chi connectivity index (χ0n) is 15.8. The van der Waals surface area contributed by atoms with Crippen LogP contribution in [0.15, 0.2) is 36.7 Å². The highest BCUT2D eigenvalue weighted by atomic mass is 32.1. The molecule has 0 saturated carbocycles. The molecule has 1 aromatic carbocycles. The molecule has 29 heavy (non-hydrogen) atoms. The number of anilines is 1. The Morgan fingerprint density at radius 3 is 2.48 bits per heavy atom. The van der Waals surface area contributed by atoms with Gasteiger partial charge in [-0.2, -0.15) is 0 Å². The maximum Gasteiger partial charge on any atom is 0.254 e. The summed E-state index contributed by atoms with van der Waals surface area (Å²) in [5, 5.41) is 5.84. The summed E-state index contributed by atoms with van der Waals surface area (Å²) < 4.78 is 28.2. The number of nitrogens with zero attached hydrogens (tertiary/aromatic N) is 2. The quantitative estimate of drug-likeness (QED) is 0.644. The number of thiazole rings is 1. The van der Waals surface area contributed by atoms with Crippen molar-refractivity contribution in [3.05, 3.63) is 75.0 Å². The van der Waals surface area contributed by atoms with E-state index in [-0.39, 0.29) is 24.2 Å². The van der Waals surface area contributed by atoms with Gasteiger partial charge < -0.3 is 10.6 Å². The Hall–Kier alpha value is -3.20. The maximum atomic E-state index is 14.1. The molecule has 0 saturated heterocycles. The summed E-state index contributed by atoms with van der Waals surface area (Å²) in [5.41, 5.74) is 0.856. The molecule has 2 N–H and O–H groups in total. The average molecular weight is 416 g/mol. The van der Waals surface area contributed by atoms with E-state index in [1.165, 1.54) is 23.7 Å². The summed E-state index contributed by atoms with van der Waals surface area (Å²) in [7, 11) is 0. The lowest BCUT2D eigenvalue weighted by Crippen LogP contribution is -2.24. The van der Waals surface area contributed by atoms with Crippen LogP contribution in [0.4, 0.5) is 14.5 Å². The molecule has 0 spiro atoms. The minimum absolute atomic E-state index is 0.00906. The molecule has 0 unspecified atom stereocenters. The summed E-state index contributed by atoms with van der Waals surface area (Å²) in [4.78, 5) is 33.5. The highest BCUT2D eigenvalue weighted by molar-refractivity contribution is 7.11. The second-order valence-corrected chi connectivity index (χ2v) is 7.60. The fraction of sp³-hybridized carbons (Fsp3) is 0.200. The predicted octanol–water partition coefficient (Wildman–Crippen LogP) is 3.54. The second kappa shape index (κ2) is 8.87. The van der Waals surface area contributed by atoms with E-state index in [0.717, 1.165) is 21.6 Å². The second-order valence-electron chi connectivity index (χ2n) is 6.32. The summed E-state index contributed by atoms with van der Waals surface area (Å²) in [5.74, 6) is -3.18. The van der Waals surface area contributed by atoms with E-state index in [0.29, 0.717) is 11.6 Å². The zero-order chi connectivity index (χ0) is 21.0. The van der Waals surface area contributed by atoms with Crippen molar-refractivity contribution in [3.63, 3.8) is 0 Å². The van der Waals surface area contributed by atoms with Gasteiger partial charge in [-0.15, -0.1) is 11.3 Å². The molecular formula is C20H18F2N4O2S. The van der Waals surface area contributed by atoms with Crippen molar-refractivity contribution in [2.24, 2.45) is 0 Å². The van der Waals surface area contributed by atoms with Gasteiger partial charge in [0.05, 0.1) is 34.9 Å². The Morgan fingerprint density at radius 2 is 1.83 bits per heavy atom. The van der Waals surface area contributed by atoms with Crippen molar-refractivity contribution in [1.29, 1.82) is 0 Å². The molecule has 0 aliphatic carbocycles. The summed E-state index contributed by atoms with van der Waals surface area (Å²) in [6, 6.07) is 4.89. The molecular weight excluding hydrogens is 398 g/mol. The van der Waals surface area contributed by atoms with E-state index in [1.807, 2.05) is 13.8 Å². The van der Waals surface area contributed by atoms with Crippen molar-refractivity contribution >= 4 is 28.8 Å². The molecule has 3 rings (SSSR count). The van der Waals surface area contributed by atoms with Crippen molar-refractivity contribution in [2.45, 2.75) is 26.8 Å². The number of pyridine rings is 1. The van der Waals surface area contributed by atoms with Gasteiger partial charge in [-0.05, 0) is 37.6 Å². The molecule has 0 bridgehead atoms. The lowest BCUT2D eigenvalue weighted by Gasteiger charge is -2.10. The van der Waals surface area contributed by atoms with Gasteiger partial charge in [0.25, 0.3) is 5.91 Å². The van der Waals surface area contributed by atoms with Crippen LogP contribution in [0.3, 0.4) is 0 Å². The van der Waals surface area contributed by atoms with Gasteiger partial charge >= 0.3 is 0 Å². The van der Waals surface area contributed by atoms with Crippen molar-refractivity contribution < 1.29 is 18.4 Å². The number of amides is 2. The van der Waals surface area contributed by atoms with E-state index < -0.39 is 23.4 Å². The molecule has 6 nitrogen and oxygen atoms in total. The maximum absolute atomic E-state index is 14.1. The van der Waals surface area contributed by atoms with Crippen LogP contribution in [0.1, 0.15) is 31.5 Å². The van der Waals surface area contributed by atoms with E-state index in [9.17, 15) is 18.4 Å². The smallest absolute Gasteiger partial charge is 0.254 e. The van der Waals surface area contributed by atoms with Gasteiger partial charge in [0.2, 0.25) is 5.91 Å². The predicted molar refractivity (Wildman–Crippen MR) is 106 cm³/mol. The topological polar surface area (TPSA) is 84.0 Å². The largest absolute Gasteiger partial charge is 0.347 e. The first-order valence-corrected chi connectivity index (χ1v) is 9.54. The third-order valence-corrected chi connectivity index (χ3v) is 5.17. The Labute approximate surface area is 170 Å². The van der Waals surface area contributed by atoms with Gasteiger partial charge in [0.15, 0.2) is 0 Å². The monoisotopic (exact) mass is 416 g/mol. The molecule has 2 aromatic heterocycles. The average Bonchev–Trinajstić information content (AvgIpc) is 3.00. The lowest BCUT2D eigenvalue weighted by atomic mass is 10.1. The number of rotatable bonds is 6. The molecule has 0 aliphatic rings. The van der Waals surface area contributed by atoms with Gasteiger partial charge in [-0.3, -0.25) is 14.6 Å². The van der Waals surface area contributed by atoms with E-state index in [2.05, 4.69) is 20.6 Å². The number of hydrogen-bond donors (Lipinski definition) is 2. The zero-order valence-corrected chi connectivity index (χ0v) is 16.6. The summed E-state index contributed by atoms with van der Waals surface area (Å²) in [6.45, 7) is 3.85. The fourth-order valence-electron chi connectivity index (χ4n) is 2.69. The molecule has 3 aromatic rings. The molecule has 0 aliphatic heterocycles. The minimum Gasteiger partial charge on any atom is -0.347 e. The first-order chi connectivity index (χ1) is 13.8. The SMILES string of the molecule is Cc1nc(C)c(CNC(=O)c2cc(NC(=O)Cc3ccncc3)c(F)cc2F)s1. The normalized spacial score (nSPS) is 10.6. The van der Waals surface area contributed by atoms with Crippen LogP contribution in [0, 0.1) is 25.5 Å². The molecule has 0 atom stereocenters. The molecule has 2 heterocycles. The van der Waals surface area contributed by atoms with Gasteiger partial charge in [-0.25, -0.2) is 13.8 Å². The van der Waals surface area contributed by atoms with Crippen molar-refractivity contribution in [2.75, 3.05) is 5.32 Å². The van der Waals surface area contributed by atoms with Gasteiger partial charge in [-0.1, -0.05) is 0 Å². The highest BCUT2D eigenvalue weighted by Crippen LogP contribution is 2.21. The van der Waals surface area contributed by atoms with Crippen molar-refractivity contribution in [3.8, 4) is 0 Å². The standard InChI is InChI=1S/C20H18F2N4O2S/c1-11-18(29-12(2)25-11)10-24-20(28)14-8-17(16(22)9-15(14)21)26-19(27)7-13-3-5-23-6-4-13/h3-6,8-9H,7,10H2,1-2H3,(H,24,28)(H,26,27). The summed E-state index contributed by atoms with van der Waals surface area (Å²) in [6.07, 6.45) is 3.07. The van der Waals surface area contributed by atoms with Crippen LogP contribution >= 0.6 is 11.3 Å². The van der Waals surface area contributed by atoms with E-state index in [1.54, 1.807) is 12.1 Å². The Kier molecular flexibility index (Phi) is 6.28. The highest BCUT2D eigenvalue weighted by Gasteiger charge is 2.18. The van der Waals surface area contributed by atoms with E-state index >= 15 is 0 Å². The fourth-order valence-corrected chi connectivity index (χ4v) is 3.57. The lowest BCUT2D eigenvalue weighted by molar-refractivity contribution is -0.115. The van der Waals surface area contributed by atoms with Gasteiger partial charge in [0.1, 0.15) is 11.6 Å². The molecule has 150 valence electrons. The minimum atomic E-state index is -1.01. The number of halogens is 2. The van der Waals surface area contributed by atoms with Gasteiger partial charge in [0, 0.05) is 23.3 Å². The molecule has 9 heteroatoms. The first kappa shape index (κ1) is 20.5. The van der Waals surface area contributed by atoms with Crippen LogP contribution in [-0.4, -0.2) is 21.8 Å². The van der Waals surface area contributed by atoms with Crippen LogP contribution < -0.4 is 10.6 Å². The Balaban J connectivity index is 1.71. The van der Waals surface area contributed by atoms with Crippen LogP contribution in [0.2, 0.25) is 0 Å². The molecule has 0 fully saturated rings. The van der Waals surface area contributed by atoms with E-state index in [4.69, 9.17) is 0 Å². The number of carbonyl (C=O) groups excluding carboxylic acids is 2. The van der Waals surface area contributed by atoms with Crippen LogP contribution in [0.25, 0.3) is 0 Å². The number of aromatic nitrogens is 2. The number of carbonyl (C=O) groups is 2. The van der Waals surface area contributed by atoms with Crippen molar-refractivity contribution in [1.82, 2.24) is 15.3 Å². The third kappa shape index (κ3) is 5.20. The first-order valence-electron chi connectivity index (χ1n) is 8.72. The Morgan fingerprint density at radius 1 is 1.10 bits per heavy atom. The number of benzene rings is 1. The molecule has 2 amide bonds. The third-order valence-electron chi connectivity index (χ3n) is 4.10. The van der Waals surface area contributed by atoms with Crippen LogP contribution in [0.5, 0.6) is 0 Å². The van der Waals surface area contributed by atoms with Crippen LogP contribution in [-0.2, 0) is 17.8 Å². The molecule has 0 radical (unpaired) electrons. The number of aryl methyl sites for hydroxylation is 2. The summed E-state index contributed by atoms with van der Waals surface area (Å²) >= 11 is 1.43. The number of nitrogens with one attached hydrogen (secondary N) is 2. The number of hydrogen-bond acceptors (Lipinski definition) is 5. The Bertz CT molecular complexity index is 1050.